The average Bonchev–Trinajstić information content (AvgIpc) is 3.29. The molecule has 0 radical (unpaired) electrons. The maximum atomic E-state index is 13.1. The Hall–Kier alpha value is -3.72. The Morgan fingerprint density at radius 3 is 2.27 bits per heavy atom. The van der Waals surface area contributed by atoms with E-state index in [0.29, 0.717) is 11.3 Å². The van der Waals surface area contributed by atoms with Crippen molar-refractivity contribution in [2.45, 2.75) is 38.6 Å². The summed E-state index contributed by atoms with van der Waals surface area (Å²) in [4.78, 5) is 13.1. The number of nitrogens with zero attached hydrogens (tertiary/aromatic N) is 4. The third kappa shape index (κ3) is 3.62. The van der Waals surface area contributed by atoms with Crippen molar-refractivity contribution in [3.8, 4) is 23.1 Å². The second-order valence-corrected chi connectivity index (χ2v) is 7.51. The van der Waals surface area contributed by atoms with Gasteiger partial charge in [0.2, 0.25) is 5.88 Å². The topological polar surface area (TPSA) is 90.7 Å². The van der Waals surface area contributed by atoms with E-state index < -0.39 is 5.56 Å². The van der Waals surface area contributed by atoms with Crippen molar-refractivity contribution in [2.75, 3.05) is 0 Å². The lowest BCUT2D eigenvalue weighted by Crippen LogP contribution is -2.24. The molecule has 1 saturated carbocycles. The molecule has 30 heavy (non-hydrogen) atoms. The van der Waals surface area contributed by atoms with E-state index in [9.17, 15) is 15.2 Å². The molecule has 6 nitrogen and oxygen atoms in total. The fourth-order valence-electron chi connectivity index (χ4n) is 3.99. The van der Waals surface area contributed by atoms with E-state index in [-0.39, 0.29) is 23.2 Å². The number of benzene rings is 2. The summed E-state index contributed by atoms with van der Waals surface area (Å²) in [6, 6.07) is 19.5. The van der Waals surface area contributed by atoms with Crippen LogP contribution in [0.3, 0.4) is 0 Å². The van der Waals surface area contributed by atoms with Crippen LogP contribution in [0, 0.1) is 18.3 Å². The number of rotatable bonds is 4. The molecule has 0 unspecified atom stereocenters. The SMILES string of the molecule is Cc1c(C#N)c(O)n(C2CCCC2)c(=O)c1N=Nc1ccc(-c2ccccc2)cc1. The van der Waals surface area contributed by atoms with Gasteiger partial charge in [0.05, 0.1) is 5.69 Å². The summed E-state index contributed by atoms with van der Waals surface area (Å²) in [7, 11) is 0. The second-order valence-electron chi connectivity index (χ2n) is 7.51. The first-order valence-corrected chi connectivity index (χ1v) is 10.1. The maximum absolute atomic E-state index is 13.1. The molecule has 0 saturated heterocycles. The molecule has 4 rings (SSSR count). The molecule has 0 aliphatic heterocycles. The average molecular weight is 398 g/mol. The predicted octanol–water partition coefficient (Wildman–Crippen LogP) is 5.93. The number of hydrogen-bond donors (Lipinski definition) is 1. The molecule has 1 heterocycles. The molecule has 1 aromatic heterocycles. The van der Waals surface area contributed by atoms with Crippen molar-refractivity contribution in [1.82, 2.24) is 4.57 Å². The van der Waals surface area contributed by atoms with E-state index in [1.54, 1.807) is 6.92 Å². The molecule has 1 fully saturated rings. The molecular weight excluding hydrogens is 376 g/mol. The van der Waals surface area contributed by atoms with Gasteiger partial charge in [-0.1, -0.05) is 55.3 Å². The van der Waals surface area contributed by atoms with Crippen molar-refractivity contribution in [2.24, 2.45) is 10.2 Å². The largest absolute Gasteiger partial charge is 0.493 e. The van der Waals surface area contributed by atoms with Crippen molar-refractivity contribution >= 4 is 11.4 Å². The monoisotopic (exact) mass is 398 g/mol. The van der Waals surface area contributed by atoms with E-state index in [1.165, 1.54) is 4.57 Å². The van der Waals surface area contributed by atoms with Gasteiger partial charge in [0.1, 0.15) is 11.6 Å². The first-order valence-electron chi connectivity index (χ1n) is 10.1. The summed E-state index contributed by atoms with van der Waals surface area (Å²) in [6.07, 6.45) is 3.60. The normalized spacial score (nSPS) is 14.3. The summed E-state index contributed by atoms with van der Waals surface area (Å²) in [5, 5.41) is 28.5. The molecule has 1 aliphatic carbocycles. The van der Waals surface area contributed by atoms with Gasteiger partial charge in [0.25, 0.3) is 5.56 Å². The van der Waals surface area contributed by atoms with Crippen LogP contribution in [0.25, 0.3) is 11.1 Å². The molecule has 0 atom stereocenters. The standard InChI is InChI=1S/C24H22N4O2/c1-16-21(15-25)23(29)28(20-9-5-6-10-20)24(30)22(16)27-26-19-13-11-18(12-14-19)17-7-3-2-4-8-17/h2-4,7-8,11-14,20,29H,5-6,9-10H2,1H3. The third-order valence-electron chi connectivity index (χ3n) is 5.64. The van der Waals surface area contributed by atoms with Gasteiger partial charge in [-0.05, 0) is 43.0 Å². The Morgan fingerprint density at radius 2 is 1.63 bits per heavy atom. The first-order chi connectivity index (χ1) is 14.6. The fourth-order valence-corrected chi connectivity index (χ4v) is 3.99. The van der Waals surface area contributed by atoms with Crippen LogP contribution in [0.15, 0.2) is 69.6 Å². The van der Waals surface area contributed by atoms with E-state index in [4.69, 9.17) is 0 Å². The van der Waals surface area contributed by atoms with Crippen molar-refractivity contribution in [3.05, 3.63) is 76.1 Å². The highest BCUT2D eigenvalue weighted by atomic mass is 16.3. The maximum Gasteiger partial charge on any atom is 0.281 e. The van der Waals surface area contributed by atoms with Crippen LogP contribution in [0.1, 0.15) is 42.9 Å². The summed E-state index contributed by atoms with van der Waals surface area (Å²) in [5.41, 5.74) is 2.89. The summed E-state index contributed by atoms with van der Waals surface area (Å²) < 4.78 is 1.32. The Bertz CT molecular complexity index is 1180. The highest BCUT2D eigenvalue weighted by Crippen LogP contribution is 2.35. The summed E-state index contributed by atoms with van der Waals surface area (Å²) in [6.45, 7) is 1.62. The Balaban J connectivity index is 1.70. The molecular formula is C24H22N4O2. The number of azo groups is 1. The molecule has 2 aromatic carbocycles. The lowest BCUT2D eigenvalue weighted by Gasteiger charge is -2.18. The molecule has 0 bridgehead atoms. The Labute approximate surface area is 174 Å². The van der Waals surface area contributed by atoms with Gasteiger partial charge >= 0.3 is 0 Å². The molecule has 150 valence electrons. The minimum atomic E-state index is -0.402. The van der Waals surface area contributed by atoms with Crippen molar-refractivity contribution in [3.63, 3.8) is 0 Å². The molecule has 3 aromatic rings. The summed E-state index contributed by atoms with van der Waals surface area (Å²) in [5.74, 6) is -0.266. The number of aromatic nitrogens is 1. The van der Waals surface area contributed by atoms with E-state index in [1.807, 2.05) is 60.7 Å². The predicted molar refractivity (Wildman–Crippen MR) is 115 cm³/mol. The molecule has 1 N–H and O–H groups in total. The van der Waals surface area contributed by atoms with Crippen LogP contribution in [-0.2, 0) is 0 Å². The molecule has 1 aliphatic rings. The van der Waals surface area contributed by atoms with Crippen LogP contribution in [0.4, 0.5) is 11.4 Å². The summed E-state index contributed by atoms with van der Waals surface area (Å²) >= 11 is 0. The van der Waals surface area contributed by atoms with Crippen LogP contribution < -0.4 is 5.56 Å². The fraction of sp³-hybridized carbons (Fsp3) is 0.250. The zero-order chi connectivity index (χ0) is 21.1. The van der Waals surface area contributed by atoms with Gasteiger partial charge < -0.3 is 5.11 Å². The van der Waals surface area contributed by atoms with Crippen molar-refractivity contribution in [1.29, 1.82) is 5.26 Å². The minimum absolute atomic E-state index is 0.0786. The molecule has 0 amide bonds. The number of aromatic hydroxyl groups is 1. The van der Waals surface area contributed by atoms with Gasteiger partial charge in [0.15, 0.2) is 5.69 Å². The highest BCUT2D eigenvalue weighted by molar-refractivity contribution is 5.65. The zero-order valence-electron chi connectivity index (χ0n) is 16.7. The lowest BCUT2D eigenvalue weighted by molar-refractivity contribution is 0.368. The molecule has 6 heteroatoms. The van der Waals surface area contributed by atoms with Gasteiger partial charge in [0, 0.05) is 11.6 Å². The minimum Gasteiger partial charge on any atom is -0.493 e. The Morgan fingerprint density at radius 1 is 1.00 bits per heavy atom. The Kier molecular flexibility index (Phi) is 5.44. The van der Waals surface area contributed by atoms with Crippen LogP contribution in [0.2, 0.25) is 0 Å². The highest BCUT2D eigenvalue weighted by Gasteiger charge is 2.26. The zero-order valence-corrected chi connectivity index (χ0v) is 16.7. The first kappa shape index (κ1) is 19.6. The van der Waals surface area contributed by atoms with Crippen LogP contribution >= 0.6 is 0 Å². The third-order valence-corrected chi connectivity index (χ3v) is 5.64. The van der Waals surface area contributed by atoms with Gasteiger partial charge in [-0.15, -0.1) is 5.11 Å². The van der Waals surface area contributed by atoms with Gasteiger partial charge in [-0.3, -0.25) is 9.36 Å². The smallest absolute Gasteiger partial charge is 0.281 e. The number of nitriles is 1. The van der Waals surface area contributed by atoms with Gasteiger partial charge in [-0.2, -0.15) is 10.4 Å². The quantitative estimate of drug-likeness (QED) is 0.552. The van der Waals surface area contributed by atoms with E-state index in [2.05, 4.69) is 10.2 Å². The number of hydrogen-bond acceptors (Lipinski definition) is 5. The van der Waals surface area contributed by atoms with Crippen LogP contribution in [0.5, 0.6) is 5.88 Å². The van der Waals surface area contributed by atoms with Crippen LogP contribution in [-0.4, -0.2) is 9.67 Å². The lowest BCUT2D eigenvalue weighted by atomic mass is 10.1. The second kappa shape index (κ2) is 8.34. The van der Waals surface area contributed by atoms with Gasteiger partial charge in [-0.25, -0.2) is 0 Å². The van der Waals surface area contributed by atoms with E-state index >= 15 is 0 Å². The van der Waals surface area contributed by atoms with Crippen molar-refractivity contribution < 1.29 is 5.11 Å². The van der Waals surface area contributed by atoms with E-state index in [0.717, 1.165) is 36.8 Å². The molecule has 0 spiro atoms. The number of pyridine rings is 1.